The minimum absolute atomic E-state index is 0.0113. The molecule has 1 aliphatic rings. The fourth-order valence-corrected chi connectivity index (χ4v) is 4.24. The van der Waals surface area contributed by atoms with E-state index in [2.05, 4.69) is 27.3 Å². The van der Waals surface area contributed by atoms with Crippen LogP contribution in [0.25, 0.3) is 27.8 Å². The molecule has 0 atom stereocenters. The largest absolute Gasteiger partial charge is 0.477 e. The van der Waals surface area contributed by atoms with Crippen LogP contribution in [0.15, 0.2) is 60.7 Å². The molecule has 8 heteroatoms. The molecule has 3 heterocycles. The monoisotopic (exact) mass is 443 g/mol. The van der Waals surface area contributed by atoms with Gasteiger partial charge in [-0.3, -0.25) is 0 Å². The Balaban J connectivity index is 1.69. The lowest BCUT2D eigenvalue weighted by atomic mass is 10.00. The van der Waals surface area contributed by atoms with Gasteiger partial charge in [0, 0.05) is 25.3 Å². The average Bonchev–Trinajstić information content (AvgIpc) is 3.23. The Kier molecular flexibility index (Phi) is 5.77. The minimum Gasteiger partial charge on any atom is -0.477 e. The number of carboxylic acids is 1. The molecule has 2 N–H and O–H groups in total. The second kappa shape index (κ2) is 9.01. The molecule has 1 fully saturated rings. The number of aromatic carboxylic acids is 1. The third-order valence-corrected chi connectivity index (χ3v) is 5.83. The first-order valence-electron chi connectivity index (χ1n) is 10.9. The zero-order valence-electron chi connectivity index (χ0n) is 18.4. The van der Waals surface area contributed by atoms with Crippen molar-refractivity contribution in [2.75, 3.05) is 38.3 Å². The maximum atomic E-state index is 11.9. The number of nitrogens with one attached hydrogen (secondary N) is 1. The molecule has 0 spiro atoms. The van der Waals surface area contributed by atoms with E-state index in [4.69, 9.17) is 9.84 Å². The van der Waals surface area contributed by atoms with Gasteiger partial charge in [-0.1, -0.05) is 30.3 Å². The van der Waals surface area contributed by atoms with Crippen LogP contribution in [0.5, 0.6) is 0 Å². The summed E-state index contributed by atoms with van der Waals surface area (Å²) in [6, 6.07) is 19.5. The molecule has 1 aliphatic heterocycles. The summed E-state index contributed by atoms with van der Waals surface area (Å²) >= 11 is 0. The van der Waals surface area contributed by atoms with Crippen LogP contribution >= 0.6 is 0 Å². The SMILES string of the molecule is CNCc1nn(-c2ccccc2)c2nc(C(=O)O)cc(-c3ccc(N4CCOCC4)cc3)c12. The van der Waals surface area contributed by atoms with Crippen molar-refractivity contribution in [3.8, 4) is 16.8 Å². The molecular formula is C25H25N5O3. The molecule has 2 aromatic heterocycles. The number of hydrogen-bond donors (Lipinski definition) is 2. The molecular weight excluding hydrogens is 418 g/mol. The molecule has 0 unspecified atom stereocenters. The van der Waals surface area contributed by atoms with Crippen LogP contribution in [0, 0.1) is 0 Å². The number of anilines is 1. The van der Waals surface area contributed by atoms with E-state index in [1.807, 2.05) is 49.5 Å². The van der Waals surface area contributed by atoms with Crippen molar-refractivity contribution >= 4 is 22.7 Å². The number of para-hydroxylation sites is 1. The predicted octanol–water partition coefficient (Wildman–Crippen LogP) is 3.34. The maximum absolute atomic E-state index is 11.9. The first-order valence-corrected chi connectivity index (χ1v) is 10.9. The van der Waals surface area contributed by atoms with Gasteiger partial charge in [0.25, 0.3) is 0 Å². The Hall–Kier alpha value is -3.75. The quantitative estimate of drug-likeness (QED) is 0.472. The standard InChI is InChI=1S/C25H25N5O3/c1-26-16-22-23-20(17-7-9-18(10-8-17)29-11-13-33-14-12-29)15-21(25(31)32)27-24(23)30(28-22)19-5-3-2-4-6-19/h2-10,15,26H,11-14,16H2,1H3,(H,31,32). The fourth-order valence-electron chi connectivity index (χ4n) is 4.24. The summed E-state index contributed by atoms with van der Waals surface area (Å²) in [5.74, 6) is -1.07. The Morgan fingerprint density at radius 1 is 1.06 bits per heavy atom. The van der Waals surface area contributed by atoms with Crippen LogP contribution in [0.2, 0.25) is 0 Å². The van der Waals surface area contributed by atoms with Crippen molar-refractivity contribution in [3.05, 3.63) is 72.1 Å². The van der Waals surface area contributed by atoms with Crippen LogP contribution in [0.3, 0.4) is 0 Å². The summed E-state index contributed by atoms with van der Waals surface area (Å²) < 4.78 is 7.18. The number of ether oxygens (including phenoxy) is 1. The second-order valence-corrected chi connectivity index (χ2v) is 7.93. The highest BCUT2D eigenvalue weighted by molar-refractivity contribution is 6.00. The van der Waals surface area contributed by atoms with E-state index in [0.29, 0.717) is 12.2 Å². The van der Waals surface area contributed by atoms with E-state index in [1.165, 1.54) is 0 Å². The summed E-state index contributed by atoms with van der Waals surface area (Å²) in [5.41, 5.74) is 5.01. The molecule has 0 amide bonds. The molecule has 33 heavy (non-hydrogen) atoms. The molecule has 0 bridgehead atoms. The van der Waals surface area contributed by atoms with E-state index < -0.39 is 5.97 Å². The fraction of sp³-hybridized carbons (Fsp3) is 0.240. The smallest absolute Gasteiger partial charge is 0.354 e. The molecule has 0 radical (unpaired) electrons. The van der Waals surface area contributed by atoms with Crippen molar-refractivity contribution < 1.29 is 14.6 Å². The topological polar surface area (TPSA) is 92.5 Å². The molecule has 1 saturated heterocycles. The third kappa shape index (κ3) is 4.06. The maximum Gasteiger partial charge on any atom is 0.354 e. The first-order chi connectivity index (χ1) is 16.2. The van der Waals surface area contributed by atoms with Gasteiger partial charge in [-0.15, -0.1) is 0 Å². The molecule has 0 saturated carbocycles. The van der Waals surface area contributed by atoms with E-state index in [1.54, 1.807) is 10.7 Å². The number of carboxylic acid groups (broad SMARTS) is 1. The first kappa shape index (κ1) is 21.1. The molecule has 8 nitrogen and oxygen atoms in total. The van der Waals surface area contributed by atoms with Crippen molar-refractivity contribution in [1.29, 1.82) is 0 Å². The lowest BCUT2D eigenvalue weighted by molar-refractivity contribution is 0.0691. The second-order valence-electron chi connectivity index (χ2n) is 7.93. The van der Waals surface area contributed by atoms with Crippen molar-refractivity contribution in [3.63, 3.8) is 0 Å². The molecule has 2 aromatic carbocycles. The van der Waals surface area contributed by atoms with Gasteiger partial charge in [-0.05, 0) is 48.5 Å². The zero-order chi connectivity index (χ0) is 22.8. The summed E-state index contributed by atoms with van der Waals surface area (Å²) in [7, 11) is 1.86. The number of rotatable bonds is 6. The van der Waals surface area contributed by atoms with Gasteiger partial charge >= 0.3 is 5.97 Å². The highest BCUT2D eigenvalue weighted by atomic mass is 16.5. The highest BCUT2D eigenvalue weighted by Gasteiger charge is 2.21. The zero-order valence-corrected chi connectivity index (χ0v) is 18.4. The lowest BCUT2D eigenvalue weighted by Gasteiger charge is -2.29. The molecule has 4 aromatic rings. The van der Waals surface area contributed by atoms with Crippen LogP contribution in [0.1, 0.15) is 16.2 Å². The Morgan fingerprint density at radius 2 is 1.79 bits per heavy atom. The summed E-state index contributed by atoms with van der Waals surface area (Å²) in [5, 5.41) is 18.6. The number of hydrogen-bond acceptors (Lipinski definition) is 6. The normalized spacial score (nSPS) is 14.0. The van der Waals surface area contributed by atoms with Crippen LogP contribution < -0.4 is 10.2 Å². The Morgan fingerprint density at radius 3 is 2.45 bits per heavy atom. The van der Waals surface area contributed by atoms with Gasteiger partial charge in [0.05, 0.1) is 30.0 Å². The molecule has 5 rings (SSSR count). The number of aromatic nitrogens is 3. The summed E-state index contributed by atoms with van der Waals surface area (Å²) in [6.45, 7) is 3.70. The van der Waals surface area contributed by atoms with Crippen molar-refractivity contribution in [1.82, 2.24) is 20.1 Å². The van der Waals surface area contributed by atoms with Gasteiger partial charge in [0.2, 0.25) is 0 Å². The van der Waals surface area contributed by atoms with E-state index in [-0.39, 0.29) is 5.69 Å². The number of nitrogens with zero attached hydrogens (tertiary/aromatic N) is 4. The van der Waals surface area contributed by atoms with Crippen LogP contribution in [-0.2, 0) is 11.3 Å². The predicted molar refractivity (Wildman–Crippen MR) is 127 cm³/mol. The number of benzene rings is 2. The van der Waals surface area contributed by atoms with Gasteiger partial charge in [0.15, 0.2) is 11.3 Å². The minimum atomic E-state index is -1.07. The van der Waals surface area contributed by atoms with Gasteiger partial charge < -0.3 is 20.1 Å². The van der Waals surface area contributed by atoms with Crippen LogP contribution in [-0.4, -0.2) is 59.2 Å². The van der Waals surface area contributed by atoms with Gasteiger partial charge in [-0.2, -0.15) is 5.10 Å². The summed E-state index contributed by atoms with van der Waals surface area (Å²) in [4.78, 5) is 18.7. The van der Waals surface area contributed by atoms with Crippen molar-refractivity contribution in [2.45, 2.75) is 6.54 Å². The number of carbonyl (C=O) groups is 1. The average molecular weight is 444 g/mol. The highest BCUT2D eigenvalue weighted by Crippen LogP contribution is 2.33. The Bertz CT molecular complexity index is 1280. The summed E-state index contributed by atoms with van der Waals surface area (Å²) in [6.07, 6.45) is 0. The molecule has 168 valence electrons. The number of fused-ring (bicyclic) bond motifs is 1. The van der Waals surface area contributed by atoms with Gasteiger partial charge in [-0.25, -0.2) is 14.5 Å². The number of morpholine rings is 1. The third-order valence-electron chi connectivity index (χ3n) is 5.83. The number of pyridine rings is 1. The van der Waals surface area contributed by atoms with E-state index in [0.717, 1.165) is 59.9 Å². The van der Waals surface area contributed by atoms with E-state index in [9.17, 15) is 9.90 Å². The van der Waals surface area contributed by atoms with Gasteiger partial charge in [0.1, 0.15) is 0 Å². The Labute approximate surface area is 191 Å². The van der Waals surface area contributed by atoms with E-state index >= 15 is 0 Å². The lowest BCUT2D eigenvalue weighted by Crippen LogP contribution is -2.36. The van der Waals surface area contributed by atoms with Crippen LogP contribution in [0.4, 0.5) is 5.69 Å². The molecule has 0 aliphatic carbocycles. The van der Waals surface area contributed by atoms with Crippen molar-refractivity contribution in [2.24, 2.45) is 0 Å².